The van der Waals surface area contributed by atoms with Crippen LogP contribution in [0.4, 0.5) is 11.4 Å². The number of hydrogen-bond donors (Lipinski definition) is 3. The van der Waals surface area contributed by atoms with Crippen molar-refractivity contribution in [3.8, 4) is 27.0 Å². The van der Waals surface area contributed by atoms with Crippen LogP contribution in [0, 0.1) is 11.3 Å². The van der Waals surface area contributed by atoms with Gasteiger partial charge in [0.1, 0.15) is 11.6 Å². The number of nitrogens with zero attached hydrogens (tertiary/aromatic N) is 1. The average Bonchev–Trinajstić information content (AvgIpc) is 3.65. The summed E-state index contributed by atoms with van der Waals surface area (Å²) in [6, 6.07) is 34.4. The molecular weight excluding hydrogens is 553 g/mol. The second kappa shape index (κ2) is 12.3. The Kier molecular flexibility index (Phi) is 8.20. The number of anilines is 2. The van der Waals surface area contributed by atoms with Crippen LogP contribution in [-0.2, 0) is 9.59 Å². The van der Waals surface area contributed by atoms with Crippen LogP contribution in [0.2, 0.25) is 0 Å². The smallest absolute Gasteiger partial charge is 0.346 e. The highest BCUT2D eigenvalue weighted by atomic mass is 32.1. The van der Waals surface area contributed by atoms with E-state index in [2.05, 4.69) is 5.32 Å². The van der Waals surface area contributed by atoms with Crippen LogP contribution >= 0.6 is 22.7 Å². The maximum atomic E-state index is 12.2. The summed E-state index contributed by atoms with van der Waals surface area (Å²) in [6.45, 7) is 0. The van der Waals surface area contributed by atoms with Gasteiger partial charge < -0.3 is 15.5 Å². The van der Waals surface area contributed by atoms with Gasteiger partial charge >= 0.3 is 11.9 Å². The number of hydrogen-bond acceptors (Lipinski definition) is 6. The number of rotatable bonds is 9. The lowest BCUT2D eigenvalue weighted by molar-refractivity contribution is -0.132. The molecular formula is C33H22N2O4S2. The highest BCUT2D eigenvalue weighted by Crippen LogP contribution is 2.33. The molecule has 41 heavy (non-hydrogen) atoms. The molecule has 0 spiro atoms. The average molecular weight is 575 g/mol. The minimum atomic E-state index is -1.27. The Labute approximate surface area is 244 Å². The molecule has 8 heteroatoms. The number of carboxylic acids is 2. The van der Waals surface area contributed by atoms with Crippen LogP contribution in [0.3, 0.4) is 0 Å². The first kappa shape index (κ1) is 27.3. The summed E-state index contributed by atoms with van der Waals surface area (Å²) in [4.78, 5) is 26.6. The van der Waals surface area contributed by atoms with E-state index in [0.717, 1.165) is 37.1 Å². The Balaban J connectivity index is 1.32. The van der Waals surface area contributed by atoms with Crippen LogP contribution in [0.15, 0.2) is 109 Å². The number of benzene rings is 3. The molecule has 200 valence electrons. The molecule has 0 aliphatic carbocycles. The largest absolute Gasteiger partial charge is 0.478 e. The molecule has 2 heterocycles. The van der Waals surface area contributed by atoms with Crippen LogP contribution in [0.5, 0.6) is 0 Å². The summed E-state index contributed by atoms with van der Waals surface area (Å²) in [5, 5.41) is 31.4. The second-order valence-electron chi connectivity index (χ2n) is 8.89. The Morgan fingerprint density at radius 1 is 0.659 bits per heavy atom. The van der Waals surface area contributed by atoms with E-state index in [1.54, 1.807) is 30.3 Å². The summed E-state index contributed by atoms with van der Waals surface area (Å²) in [5.74, 6) is -2.29. The molecule has 0 radical (unpaired) electrons. The van der Waals surface area contributed by atoms with Gasteiger partial charge in [-0.1, -0.05) is 54.6 Å². The number of nitriles is 1. The molecule has 6 nitrogen and oxygen atoms in total. The zero-order chi connectivity index (χ0) is 28.8. The Hall–Kier alpha value is -5.23. The van der Waals surface area contributed by atoms with Crippen LogP contribution in [0.25, 0.3) is 38.6 Å². The Morgan fingerprint density at radius 2 is 1.20 bits per heavy atom. The lowest BCUT2D eigenvalue weighted by atomic mass is 10.0. The lowest BCUT2D eigenvalue weighted by Crippen LogP contribution is -1.99. The molecule has 0 aliphatic heterocycles. The topological polar surface area (TPSA) is 110 Å². The summed E-state index contributed by atoms with van der Waals surface area (Å²) in [5.41, 5.74) is 4.32. The quantitative estimate of drug-likeness (QED) is 0.120. The minimum absolute atomic E-state index is 0.183. The van der Waals surface area contributed by atoms with Gasteiger partial charge in [-0.05, 0) is 77.4 Å². The minimum Gasteiger partial charge on any atom is -0.478 e. The molecule has 0 saturated heterocycles. The van der Waals surface area contributed by atoms with E-state index in [1.807, 2.05) is 84.9 Å². The lowest BCUT2D eigenvalue weighted by Gasteiger charge is -2.07. The summed E-state index contributed by atoms with van der Waals surface area (Å²) in [6.07, 6.45) is 3.02. The van der Waals surface area contributed by atoms with Gasteiger partial charge in [-0.15, -0.1) is 22.7 Å². The Bertz CT molecular complexity index is 1810. The van der Waals surface area contributed by atoms with E-state index in [9.17, 15) is 14.7 Å². The van der Waals surface area contributed by atoms with Crippen molar-refractivity contribution in [2.24, 2.45) is 0 Å². The van der Waals surface area contributed by atoms with E-state index >= 15 is 0 Å². The van der Waals surface area contributed by atoms with Gasteiger partial charge in [0.15, 0.2) is 0 Å². The van der Waals surface area contributed by atoms with Crippen molar-refractivity contribution in [3.63, 3.8) is 0 Å². The zero-order valence-electron chi connectivity index (χ0n) is 21.4. The van der Waals surface area contributed by atoms with Gasteiger partial charge in [0, 0.05) is 30.9 Å². The highest BCUT2D eigenvalue weighted by molar-refractivity contribution is 7.16. The van der Waals surface area contributed by atoms with Crippen LogP contribution in [-0.4, -0.2) is 22.2 Å². The number of para-hydroxylation sites is 1. The van der Waals surface area contributed by atoms with Gasteiger partial charge in [0.25, 0.3) is 0 Å². The predicted molar refractivity (Wildman–Crippen MR) is 166 cm³/mol. The van der Waals surface area contributed by atoms with E-state index in [4.69, 9.17) is 10.4 Å². The van der Waals surface area contributed by atoms with Crippen molar-refractivity contribution in [3.05, 3.63) is 124 Å². The molecule has 0 fully saturated rings. The SMILES string of the molecule is N#C/C(=C\c1ccc(-c2ccc(/C(=C\c3ccc(-c4ccc(Nc5ccccc5)cc4)s3)C(=O)O)cc2)s1)C(=O)O. The zero-order valence-corrected chi connectivity index (χ0v) is 23.1. The molecule has 0 saturated carbocycles. The van der Waals surface area contributed by atoms with Crippen LogP contribution < -0.4 is 5.32 Å². The first-order chi connectivity index (χ1) is 19.9. The van der Waals surface area contributed by atoms with Crippen molar-refractivity contribution < 1.29 is 19.8 Å². The molecule has 0 amide bonds. The van der Waals surface area contributed by atoms with Gasteiger partial charge in [0.05, 0.1) is 5.57 Å². The third-order valence-electron chi connectivity index (χ3n) is 6.12. The summed E-state index contributed by atoms with van der Waals surface area (Å²) < 4.78 is 0. The monoisotopic (exact) mass is 574 g/mol. The molecule has 5 aromatic rings. The van der Waals surface area contributed by atoms with Gasteiger partial charge in [0.2, 0.25) is 0 Å². The Morgan fingerprint density at radius 3 is 1.73 bits per heavy atom. The maximum absolute atomic E-state index is 12.2. The number of carbonyl (C=O) groups is 2. The molecule has 0 bridgehead atoms. The van der Waals surface area contributed by atoms with Crippen molar-refractivity contribution in [1.82, 2.24) is 0 Å². The number of carboxylic acid groups (broad SMARTS) is 2. The highest BCUT2D eigenvalue weighted by Gasteiger charge is 2.13. The maximum Gasteiger partial charge on any atom is 0.346 e. The normalized spacial score (nSPS) is 11.6. The first-order valence-electron chi connectivity index (χ1n) is 12.4. The number of nitrogens with one attached hydrogen (secondary N) is 1. The molecule has 2 aromatic heterocycles. The van der Waals surface area contributed by atoms with Crippen molar-refractivity contribution >= 4 is 63.7 Å². The van der Waals surface area contributed by atoms with E-state index in [1.165, 1.54) is 28.7 Å². The van der Waals surface area contributed by atoms with E-state index in [-0.39, 0.29) is 11.1 Å². The molecule has 0 unspecified atom stereocenters. The first-order valence-corrected chi connectivity index (χ1v) is 14.1. The van der Waals surface area contributed by atoms with Gasteiger partial charge in [-0.25, -0.2) is 9.59 Å². The fourth-order valence-electron chi connectivity index (χ4n) is 4.09. The summed E-state index contributed by atoms with van der Waals surface area (Å²) in [7, 11) is 0. The van der Waals surface area contributed by atoms with Crippen molar-refractivity contribution in [2.75, 3.05) is 5.32 Å². The molecule has 0 aliphatic rings. The molecule has 3 N–H and O–H groups in total. The standard InChI is InChI=1S/C33H22N2O4S2/c34-20-24(32(36)37)18-27-14-16-30(40-27)22-8-6-21(7-9-22)29(33(38)39)19-28-15-17-31(41-28)23-10-12-26(13-11-23)35-25-4-2-1-3-5-25/h1-19,35H,(H,36,37)(H,38,39)/b24-18+,29-19+. The van der Waals surface area contributed by atoms with Crippen molar-refractivity contribution in [2.45, 2.75) is 0 Å². The fourth-order valence-corrected chi connectivity index (χ4v) is 6.00. The van der Waals surface area contributed by atoms with Crippen LogP contribution in [0.1, 0.15) is 15.3 Å². The molecule has 5 rings (SSSR count). The van der Waals surface area contributed by atoms with Gasteiger partial charge in [-0.2, -0.15) is 5.26 Å². The van der Waals surface area contributed by atoms with E-state index < -0.39 is 11.9 Å². The van der Waals surface area contributed by atoms with E-state index in [0.29, 0.717) is 10.4 Å². The predicted octanol–water partition coefficient (Wildman–Crippen LogP) is 8.50. The fraction of sp³-hybridized carbons (Fsp3) is 0. The van der Waals surface area contributed by atoms with Gasteiger partial charge in [-0.3, -0.25) is 0 Å². The third kappa shape index (κ3) is 6.68. The summed E-state index contributed by atoms with van der Waals surface area (Å²) >= 11 is 2.87. The third-order valence-corrected chi connectivity index (χ3v) is 8.28. The number of thiophene rings is 2. The molecule has 3 aromatic carbocycles. The molecule has 0 atom stereocenters. The van der Waals surface area contributed by atoms with Crippen molar-refractivity contribution in [1.29, 1.82) is 5.26 Å². The number of aliphatic carboxylic acids is 2. The second-order valence-corrected chi connectivity index (χ2v) is 11.1.